The molecule has 6 heteroatoms. The molecule has 1 N–H and O–H groups in total. The molecule has 1 aromatic rings. The van der Waals surface area contributed by atoms with Gasteiger partial charge in [-0.15, -0.1) is 0 Å². The first-order chi connectivity index (χ1) is 9.63. The van der Waals surface area contributed by atoms with E-state index in [4.69, 9.17) is 0 Å². The van der Waals surface area contributed by atoms with Crippen LogP contribution in [0.2, 0.25) is 0 Å². The maximum Gasteiger partial charge on any atom is 0.330 e. The number of nitrogens with one attached hydrogen (secondary N) is 1. The normalized spacial score (nSPS) is 13.9. The molecule has 0 spiro atoms. The van der Waals surface area contributed by atoms with Crippen LogP contribution in [-0.4, -0.2) is 29.3 Å². The molecule has 0 fully saturated rings. The van der Waals surface area contributed by atoms with Crippen LogP contribution in [-0.2, 0) is 6.54 Å². The Kier molecular flexibility index (Phi) is 4.52. The average molecular weight is 280 g/mol. The molecule has 0 amide bonds. The monoisotopic (exact) mass is 280 g/mol. The van der Waals surface area contributed by atoms with Gasteiger partial charge in [0.1, 0.15) is 11.5 Å². The Hall–Kier alpha value is -1.72. The molecule has 1 aliphatic heterocycles. The summed E-state index contributed by atoms with van der Waals surface area (Å²) in [6.45, 7) is 9.27. The first kappa shape index (κ1) is 14.7. The third kappa shape index (κ3) is 2.46. The molecule has 6 nitrogen and oxygen atoms in total. The fraction of sp³-hybridized carbons (Fsp3) is 0.714. The third-order valence-electron chi connectivity index (χ3n) is 3.54. The number of fused-ring (bicyclic) bond motifs is 1. The van der Waals surface area contributed by atoms with Crippen LogP contribution in [0.4, 0.5) is 11.5 Å². The molecule has 0 atom stereocenters. The Balaban J connectivity index is 2.59. The van der Waals surface area contributed by atoms with Crippen LogP contribution in [0.15, 0.2) is 9.59 Å². The molecule has 0 saturated carbocycles. The first-order valence-electron chi connectivity index (χ1n) is 7.51. The van der Waals surface area contributed by atoms with Crippen LogP contribution < -0.4 is 21.0 Å². The quantitative estimate of drug-likeness (QED) is 0.854. The highest BCUT2D eigenvalue weighted by Crippen LogP contribution is 2.31. The van der Waals surface area contributed by atoms with Crippen molar-refractivity contribution in [1.29, 1.82) is 0 Å². The Labute approximate surface area is 119 Å². The van der Waals surface area contributed by atoms with Gasteiger partial charge in [-0.3, -0.25) is 14.3 Å². The van der Waals surface area contributed by atoms with Crippen LogP contribution in [0.3, 0.4) is 0 Å². The lowest BCUT2D eigenvalue weighted by Gasteiger charge is -2.21. The molecule has 0 bridgehead atoms. The number of rotatable bonds is 6. The number of aromatic amines is 1. The fourth-order valence-electron chi connectivity index (χ4n) is 2.83. The molecule has 20 heavy (non-hydrogen) atoms. The molecular weight excluding hydrogens is 256 g/mol. The maximum atomic E-state index is 12.2. The van der Waals surface area contributed by atoms with E-state index in [2.05, 4.69) is 28.6 Å². The van der Waals surface area contributed by atoms with Crippen molar-refractivity contribution in [2.24, 2.45) is 0 Å². The zero-order chi connectivity index (χ0) is 14.7. The second-order valence-corrected chi connectivity index (χ2v) is 5.25. The predicted molar refractivity (Wildman–Crippen MR) is 81.8 cm³/mol. The van der Waals surface area contributed by atoms with Crippen molar-refractivity contribution in [1.82, 2.24) is 9.55 Å². The van der Waals surface area contributed by atoms with Gasteiger partial charge < -0.3 is 9.80 Å². The predicted octanol–water partition coefficient (Wildman–Crippen LogP) is 1.35. The molecule has 0 aromatic carbocycles. The molecule has 1 aromatic heterocycles. The summed E-state index contributed by atoms with van der Waals surface area (Å²) in [5.74, 6) is 0.802. The number of anilines is 2. The number of hydrogen-bond donors (Lipinski definition) is 1. The van der Waals surface area contributed by atoms with Crippen molar-refractivity contribution in [3.05, 3.63) is 20.8 Å². The zero-order valence-corrected chi connectivity index (χ0v) is 12.6. The van der Waals surface area contributed by atoms with Gasteiger partial charge >= 0.3 is 5.69 Å². The number of hydrogen-bond acceptors (Lipinski definition) is 4. The smallest absolute Gasteiger partial charge is 0.330 e. The minimum Gasteiger partial charge on any atom is -0.346 e. The average Bonchev–Trinajstić information content (AvgIpc) is 2.74. The summed E-state index contributed by atoms with van der Waals surface area (Å²) in [6.07, 6.45) is 2.84. The molecule has 0 saturated heterocycles. The van der Waals surface area contributed by atoms with E-state index in [-0.39, 0.29) is 11.2 Å². The van der Waals surface area contributed by atoms with Crippen LogP contribution in [0.25, 0.3) is 0 Å². The third-order valence-corrected chi connectivity index (χ3v) is 3.54. The van der Waals surface area contributed by atoms with E-state index < -0.39 is 0 Å². The highest BCUT2D eigenvalue weighted by atomic mass is 16.2. The summed E-state index contributed by atoms with van der Waals surface area (Å²) >= 11 is 0. The van der Waals surface area contributed by atoms with Gasteiger partial charge in [-0.1, -0.05) is 20.8 Å². The molecule has 2 rings (SSSR count). The van der Waals surface area contributed by atoms with E-state index in [0.717, 1.165) is 38.2 Å². The molecule has 112 valence electrons. The Morgan fingerprint density at radius 2 is 1.55 bits per heavy atom. The van der Waals surface area contributed by atoms with Crippen molar-refractivity contribution >= 4 is 11.5 Å². The van der Waals surface area contributed by atoms with Crippen molar-refractivity contribution in [2.75, 3.05) is 29.6 Å². The van der Waals surface area contributed by atoms with Gasteiger partial charge in [0, 0.05) is 19.6 Å². The largest absolute Gasteiger partial charge is 0.346 e. The van der Waals surface area contributed by atoms with Crippen LogP contribution in [0.1, 0.15) is 40.0 Å². The summed E-state index contributed by atoms with van der Waals surface area (Å²) in [5.41, 5.74) is 0.104. The number of nitrogens with zero attached hydrogens (tertiary/aromatic N) is 3. The minimum atomic E-state index is -0.296. The summed E-state index contributed by atoms with van der Waals surface area (Å²) in [6, 6.07) is 0. The summed E-state index contributed by atoms with van der Waals surface area (Å²) in [5, 5.41) is 0. The van der Waals surface area contributed by atoms with E-state index >= 15 is 0 Å². The Bertz CT molecular complexity index is 576. The number of H-pyrrole nitrogens is 1. The standard InChI is InChI=1S/C14H24N4O2/c1-4-7-16-10-17(8-5-2)13-11(16)12(19)15-14(20)18(13)9-6-3/h4-10H2,1-3H3,(H,15,19,20). The van der Waals surface area contributed by atoms with Gasteiger partial charge in [0.2, 0.25) is 0 Å². The van der Waals surface area contributed by atoms with Crippen LogP contribution >= 0.6 is 0 Å². The van der Waals surface area contributed by atoms with Gasteiger partial charge in [0.15, 0.2) is 0 Å². The van der Waals surface area contributed by atoms with E-state index in [0.29, 0.717) is 18.9 Å². The lowest BCUT2D eigenvalue weighted by atomic mass is 10.3. The van der Waals surface area contributed by atoms with E-state index in [1.54, 1.807) is 4.57 Å². The number of aromatic nitrogens is 2. The van der Waals surface area contributed by atoms with Crippen molar-refractivity contribution < 1.29 is 0 Å². The molecular formula is C14H24N4O2. The van der Waals surface area contributed by atoms with Gasteiger partial charge in [0.25, 0.3) is 5.56 Å². The van der Waals surface area contributed by atoms with Crippen molar-refractivity contribution in [3.63, 3.8) is 0 Å². The fourth-order valence-corrected chi connectivity index (χ4v) is 2.83. The highest BCUT2D eigenvalue weighted by Gasteiger charge is 2.31. The van der Waals surface area contributed by atoms with Crippen LogP contribution in [0.5, 0.6) is 0 Å². The second kappa shape index (κ2) is 6.15. The molecule has 0 aliphatic carbocycles. The van der Waals surface area contributed by atoms with Crippen molar-refractivity contribution in [2.45, 2.75) is 46.6 Å². The van der Waals surface area contributed by atoms with Crippen molar-refractivity contribution in [3.8, 4) is 0 Å². The summed E-state index contributed by atoms with van der Waals surface area (Å²) < 4.78 is 1.71. The van der Waals surface area contributed by atoms with Gasteiger partial charge in [0.05, 0.1) is 6.67 Å². The van der Waals surface area contributed by atoms with E-state index in [9.17, 15) is 9.59 Å². The maximum absolute atomic E-state index is 12.2. The van der Waals surface area contributed by atoms with Gasteiger partial charge in [-0.05, 0) is 19.3 Å². The summed E-state index contributed by atoms with van der Waals surface area (Å²) in [4.78, 5) is 30.9. The SMILES string of the molecule is CCCN1CN(CCC)c2c1c(=O)[nH]c(=O)n2CCC. The minimum absolute atomic E-state index is 0.260. The van der Waals surface area contributed by atoms with Crippen LogP contribution in [0, 0.1) is 0 Å². The molecule has 0 unspecified atom stereocenters. The lowest BCUT2D eigenvalue weighted by Crippen LogP contribution is -2.34. The molecule has 1 aliphatic rings. The van der Waals surface area contributed by atoms with E-state index in [1.165, 1.54) is 0 Å². The summed E-state index contributed by atoms with van der Waals surface area (Å²) in [7, 11) is 0. The lowest BCUT2D eigenvalue weighted by molar-refractivity contribution is 0.623. The Morgan fingerprint density at radius 1 is 0.950 bits per heavy atom. The highest BCUT2D eigenvalue weighted by molar-refractivity contribution is 5.71. The van der Waals surface area contributed by atoms with Gasteiger partial charge in [-0.25, -0.2) is 4.79 Å². The topological polar surface area (TPSA) is 61.3 Å². The molecule has 0 radical (unpaired) electrons. The van der Waals surface area contributed by atoms with E-state index in [1.807, 2.05) is 6.92 Å². The second-order valence-electron chi connectivity index (χ2n) is 5.25. The molecule has 2 heterocycles. The van der Waals surface area contributed by atoms with Gasteiger partial charge in [-0.2, -0.15) is 0 Å². The first-order valence-corrected chi connectivity index (χ1v) is 7.51. The Morgan fingerprint density at radius 3 is 2.15 bits per heavy atom. The zero-order valence-electron chi connectivity index (χ0n) is 12.6.